The van der Waals surface area contributed by atoms with Crippen LogP contribution in [0.5, 0.6) is 0 Å². The van der Waals surface area contributed by atoms with Gasteiger partial charge in [-0.1, -0.05) is 12.1 Å². The number of rotatable bonds is 5. The summed E-state index contributed by atoms with van der Waals surface area (Å²) in [5.41, 5.74) is 4.23. The van der Waals surface area contributed by atoms with Crippen LogP contribution in [-0.4, -0.2) is 33.4 Å². The van der Waals surface area contributed by atoms with Crippen LogP contribution >= 0.6 is 0 Å². The van der Waals surface area contributed by atoms with Gasteiger partial charge < -0.3 is 15.0 Å². The summed E-state index contributed by atoms with van der Waals surface area (Å²) in [6, 6.07) is 6.77. The van der Waals surface area contributed by atoms with Gasteiger partial charge in [-0.15, -0.1) is 0 Å². The number of methoxy groups -OCH3 is 1. The van der Waals surface area contributed by atoms with Crippen molar-refractivity contribution in [3.05, 3.63) is 29.3 Å². The third kappa shape index (κ3) is 2.99. The molecule has 2 rings (SSSR count). The summed E-state index contributed by atoms with van der Waals surface area (Å²) in [4.78, 5) is 2.32. The normalized spacial score (nSPS) is 16.1. The molecular formula is C14H22N2O. The zero-order valence-electron chi connectivity index (χ0n) is 11.0. The fourth-order valence-electron chi connectivity index (χ4n) is 2.23. The average molecular weight is 234 g/mol. The smallest absolute Gasteiger partial charge is 0.0667 e. The van der Waals surface area contributed by atoms with E-state index < -0.39 is 0 Å². The van der Waals surface area contributed by atoms with Gasteiger partial charge in [-0.05, 0) is 30.5 Å². The van der Waals surface area contributed by atoms with Gasteiger partial charge in [-0.2, -0.15) is 0 Å². The minimum atomic E-state index is 0.274. The van der Waals surface area contributed by atoms with Crippen LogP contribution in [0.4, 0.5) is 5.69 Å². The first kappa shape index (κ1) is 12.4. The Morgan fingerprint density at radius 3 is 3.06 bits per heavy atom. The summed E-state index contributed by atoms with van der Waals surface area (Å²) in [5, 5.41) is 3.42. The van der Waals surface area contributed by atoms with E-state index in [9.17, 15) is 0 Å². The van der Waals surface area contributed by atoms with Crippen LogP contribution in [-0.2, 0) is 17.7 Å². The molecule has 1 aromatic rings. The zero-order chi connectivity index (χ0) is 12.3. The third-order valence-corrected chi connectivity index (χ3v) is 3.43. The van der Waals surface area contributed by atoms with E-state index in [1.54, 1.807) is 7.11 Å². The van der Waals surface area contributed by atoms with Crippen LogP contribution in [0, 0.1) is 0 Å². The highest BCUT2D eigenvalue weighted by molar-refractivity contribution is 5.58. The highest BCUT2D eigenvalue weighted by Gasteiger charge is 2.15. The topological polar surface area (TPSA) is 24.5 Å². The van der Waals surface area contributed by atoms with E-state index in [-0.39, 0.29) is 6.10 Å². The lowest BCUT2D eigenvalue weighted by Crippen LogP contribution is -2.25. The molecular weight excluding hydrogens is 212 g/mol. The monoisotopic (exact) mass is 234 g/mol. The molecule has 0 bridgehead atoms. The second kappa shape index (κ2) is 5.52. The quantitative estimate of drug-likeness (QED) is 0.841. The molecule has 0 saturated heterocycles. The molecule has 0 fully saturated rings. The van der Waals surface area contributed by atoms with Crippen LogP contribution in [0.1, 0.15) is 18.1 Å². The van der Waals surface area contributed by atoms with Crippen LogP contribution < -0.4 is 10.2 Å². The minimum Gasteiger partial charge on any atom is -0.380 e. The molecule has 1 atom stereocenters. The van der Waals surface area contributed by atoms with E-state index in [4.69, 9.17) is 4.74 Å². The van der Waals surface area contributed by atoms with E-state index in [0.717, 1.165) is 19.6 Å². The summed E-state index contributed by atoms with van der Waals surface area (Å²) in [6.45, 7) is 5.04. The lowest BCUT2D eigenvalue weighted by atomic mass is 10.1. The molecule has 1 aromatic carbocycles. The number of ether oxygens (including phenoxy) is 1. The van der Waals surface area contributed by atoms with Gasteiger partial charge in [0.1, 0.15) is 0 Å². The average Bonchev–Trinajstić information content (AvgIpc) is 2.70. The zero-order valence-corrected chi connectivity index (χ0v) is 11.0. The Labute approximate surface area is 104 Å². The Morgan fingerprint density at radius 2 is 2.29 bits per heavy atom. The number of fused-ring (bicyclic) bond motifs is 1. The highest BCUT2D eigenvalue weighted by atomic mass is 16.5. The van der Waals surface area contributed by atoms with Crippen molar-refractivity contribution < 1.29 is 4.74 Å². The van der Waals surface area contributed by atoms with Crippen molar-refractivity contribution in [2.24, 2.45) is 0 Å². The molecule has 1 aliphatic heterocycles. The number of hydrogen-bond acceptors (Lipinski definition) is 3. The van der Waals surface area contributed by atoms with Gasteiger partial charge in [0, 0.05) is 39.5 Å². The fraction of sp³-hybridized carbons (Fsp3) is 0.571. The van der Waals surface area contributed by atoms with Crippen molar-refractivity contribution in [3.63, 3.8) is 0 Å². The molecule has 0 radical (unpaired) electrons. The van der Waals surface area contributed by atoms with Crippen molar-refractivity contribution in [1.82, 2.24) is 5.32 Å². The molecule has 1 heterocycles. The number of benzene rings is 1. The maximum absolute atomic E-state index is 5.21. The van der Waals surface area contributed by atoms with E-state index in [2.05, 4.69) is 42.4 Å². The molecule has 1 aliphatic rings. The van der Waals surface area contributed by atoms with E-state index in [1.807, 2.05) is 0 Å². The molecule has 1 unspecified atom stereocenters. The summed E-state index contributed by atoms with van der Waals surface area (Å²) in [5.74, 6) is 0. The third-order valence-electron chi connectivity index (χ3n) is 3.43. The second-order valence-electron chi connectivity index (χ2n) is 4.81. The van der Waals surface area contributed by atoms with Crippen LogP contribution in [0.3, 0.4) is 0 Å². The lowest BCUT2D eigenvalue weighted by Gasteiger charge is -2.13. The molecule has 94 valence electrons. The molecule has 0 spiro atoms. The Morgan fingerprint density at radius 1 is 1.47 bits per heavy atom. The van der Waals surface area contributed by atoms with Crippen molar-refractivity contribution in [3.8, 4) is 0 Å². The van der Waals surface area contributed by atoms with Gasteiger partial charge in [0.25, 0.3) is 0 Å². The van der Waals surface area contributed by atoms with Gasteiger partial charge >= 0.3 is 0 Å². The minimum absolute atomic E-state index is 0.274. The number of nitrogens with zero attached hydrogens (tertiary/aromatic N) is 1. The predicted octanol–water partition coefficient (Wildman–Crippen LogP) is 1.80. The first-order valence-corrected chi connectivity index (χ1v) is 6.27. The van der Waals surface area contributed by atoms with Gasteiger partial charge in [0.05, 0.1) is 6.10 Å². The summed E-state index contributed by atoms with van der Waals surface area (Å²) in [7, 11) is 3.90. The van der Waals surface area contributed by atoms with E-state index in [1.165, 1.54) is 23.2 Å². The first-order valence-electron chi connectivity index (χ1n) is 6.27. The molecule has 0 saturated carbocycles. The van der Waals surface area contributed by atoms with Crippen molar-refractivity contribution in [2.45, 2.75) is 26.0 Å². The number of nitrogens with one attached hydrogen (secondary N) is 1. The standard InChI is InChI=1S/C14H22N2O/c1-11(17-3)9-15-10-12-4-5-14-13(8-12)6-7-16(14)2/h4-5,8,11,15H,6-7,9-10H2,1-3H3. The van der Waals surface area contributed by atoms with Crippen molar-refractivity contribution in [2.75, 3.05) is 32.1 Å². The SMILES string of the molecule is COC(C)CNCc1ccc2c(c1)CCN2C. The van der Waals surface area contributed by atoms with Gasteiger partial charge in [0.2, 0.25) is 0 Å². The Hall–Kier alpha value is -1.06. The largest absolute Gasteiger partial charge is 0.380 e. The van der Waals surface area contributed by atoms with Crippen molar-refractivity contribution in [1.29, 1.82) is 0 Å². The van der Waals surface area contributed by atoms with Crippen molar-refractivity contribution >= 4 is 5.69 Å². The van der Waals surface area contributed by atoms with E-state index >= 15 is 0 Å². The number of likely N-dealkylation sites (N-methyl/N-ethyl adjacent to an activating group) is 1. The Kier molecular flexibility index (Phi) is 4.02. The number of anilines is 1. The van der Waals surface area contributed by atoms with Gasteiger partial charge in [-0.3, -0.25) is 0 Å². The fourth-order valence-corrected chi connectivity index (χ4v) is 2.23. The van der Waals surface area contributed by atoms with Crippen LogP contribution in [0.25, 0.3) is 0 Å². The molecule has 3 nitrogen and oxygen atoms in total. The molecule has 17 heavy (non-hydrogen) atoms. The summed E-state index contributed by atoms with van der Waals surface area (Å²) in [6.07, 6.45) is 1.45. The van der Waals surface area contributed by atoms with E-state index in [0.29, 0.717) is 0 Å². The van der Waals surface area contributed by atoms with Gasteiger partial charge in [-0.25, -0.2) is 0 Å². The second-order valence-corrected chi connectivity index (χ2v) is 4.81. The molecule has 0 aromatic heterocycles. The molecule has 0 amide bonds. The maximum atomic E-state index is 5.21. The summed E-state index contributed by atoms with van der Waals surface area (Å²) >= 11 is 0. The summed E-state index contributed by atoms with van der Waals surface area (Å²) < 4.78 is 5.21. The Balaban J connectivity index is 1.90. The maximum Gasteiger partial charge on any atom is 0.0667 e. The molecule has 0 aliphatic carbocycles. The van der Waals surface area contributed by atoms with Gasteiger partial charge in [0.15, 0.2) is 0 Å². The van der Waals surface area contributed by atoms with Crippen LogP contribution in [0.2, 0.25) is 0 Å². The molecule has 1 N–H and O–H groups in total. The van der Waals surface area contributed by atoms with Crippen LogP contribution in [0.15, 0.2) is 18.2 Å². The number of hydrogen-bond donors (Lipinski definition) is 1. The molecule has 3 heteroatoms. The highest BCUT2D eigenvalue weighted by Crippen LogP contribution is 2.27. The lowest BCUT2D eigenvalue weighted by molar-refractivity contribution is 0.117. The first-order chi connectivity index (χ1) is 8.20. The predicted molar refractivity (Wildman–Crippen MR) is 71.6 cm³/mol. The Bertz CT molecular complexity index is 378.